The van der Waals surface area contributed by atoms with Crippen molar-refractivity contribution in [2.24, 2.45) is 0 Å². The zero-order valence-corrected chi connectivity index (χ0v) is 14.6. The van der Waals surface area contributed by atoms with Gasteiger partial charge in [0.2, 0.25) is 0 Å². The van der Waals surface area contributed by atoms with Gasteiger partial charge in [-0.3, -0.25) is 4.68 Å². The normalized spacial score (nSPS) is 21.7. The molecule has 9 heteroatoms. The molecule has 126 valence electrons. The van der Waals surface area contributed by atoms with Crippen LogP contribution in [0.25, 0.3) is 0 Å². The van der Waals surface area contributed by atoms with Crippen LogP contribution in [0, 0.1) is 0 Å². The van der Waals surface area contributed by atoms with E-state index >= 15 is 0 Å². The van der Waals surface area contributed by atoms with Gasteiger partial charge in [0, 0.05) is 24.9 Å². The third kappa shape index (κ3) is 3.27. The van der Waals surface area contributed by atoms with E-state index in [2.05, 4.69) is 9.82 Å². The first-order valence-corrected chi connectivity index (χ1v) is 9.69. The third-order valence-electron chi connectivity index (χ3n) is 3.76. The first-order valence-electron chi connectivity index (χ1n) is 7.33. The van der Waals surface area contributed by atoms with Gasteiger partial charge >= 0.3 is 0 Å². The summed E-state index contributed by atoms with van der Waals surface area (Å²) >= 11 is 1.14. The highest BCUT2D eigenvalue weighted by molar-refractivity contribution is 7.91. The van der Waals surface area contributed by atoms with Crippen molar-refractivity contribution in [3.05, 3.63) is 29.4 Å². The molecule has 1 N–H and O–H groups in total. The maximum Gasteiger partial charge on any atom is 0.254 e. The lowest BCUT2D eigenvalue weighted by Gasteiger charge is -2.18. The Kier molecular flexibility index (Phi) is 4.72. The van der Waals surface area contributed by atoms with Crippen molar-refractivity contribution >= 4 is 21.4 Å². The molecule has 23 heavy (non-hydrogen) atoms. The molecule has 1 aliphatic rings. The molecule has 3 heterocycles. The molecule has 1 aliphatic heterocycles. The van der Waals surface area contributed by atoms with Gasteiger partial charge in [-0.15, -0.1) is 11.3 Å². The van der Waals surface area contributed by atoms with Gasteiger partial charge in [0.1, 0.15) is 11.9 Å². The van der Waals surface area contributed by atoms with Gasteiger partial charge in [0.25, 0.3) is 10.0 Å². The molecule has 0 unspecified atom stereocenters. The monoisotopic (exact) mass is 357 g/mol. The quantitative estimate of drug-likeness (QED) is 0.852. The minimum absolute atomic E-state index is 0.190. The molecule has 0 aliphatic carbocycles. The second-order valence-electron chi connectivity index (χ2n) is 5.21. The SMILES string of the molecule is CCn1cc([C@H]2OCC[C@@H]2NS(=O)(=O)c2sccc2OC)cn1. The fourth-order valence-electron chi connectivity index (χ4n) is 2.62. The molecule has 7 nitrogen and oxygen atoms in total. The van der Waals surface area contributed by atoms with Crippen LogP contribution in [0.1, 0.15) is 25.0 Å². The van der Waals surface area contributed by atoms with Gasteiger partial charge < -0.3 is 9.47 Å². The van der Waals surface area contributed by atoms with Crippen LogP contribution in [0.2, 0.25) is 0 Å². The number of methoxy groups -OCH3 is 1. The molecule has 0 bridgehead atoms. The van der Waals surface area contributed by atoms with E-state index in [0.29, 0.717) is 18.8 Å². The Morgan fingerprint density at radius 3 is 3.09 bits per heavy atom. The fourth-order valence-corrected chi connectivity index (χ4v) is 5.19. The second-order valence-corrected chi connectivity index (χ2v) is 8.04. The highest BCUT2D eigenvalue weighted by Gasteiger charge is 2.35. The van der Waals surface area contributed by atoms with E-state index in [9.17, 15) is 8.42 Å². The van der Waals surface area contributed by atoms with Gasteiger partial charge in [-0.1, -0.05) is 0 Å². The Morgan fingerprint density at radius 1 is 1.57 bits per heavy atom. The number of aryl methyl sites for hydroxylation is 1. The summed E-state index contributed by atoms with van der Waals surface area (Å²) in [6, 6.07) is 1.33. The number of nitrogens with zero attached hydrogens (tertiary/aromatic N) is 2. The van der Waals surface area contributed by atoms with Crippen molar-refractivity contribution in [1.82, 2.24) is 14.5 Å². The number of aromatic nitrogens is 2. The Balaban J connectivity index is 1.81. The molecule has 3 rings (SSSR count). The van der Waals surface area contributed by atoms with Crippen LogP contribution < -0.4 is 9.46 Å². The number of rotatable bonds is 6. The molecule has 0 saturated carbocycles. The number of ether oxygens (including phenoxy) is 2. The van der Waals surface area contributed by atoms with Gasteiger partial charge in [0.15, 0.2) is 4.21 Å². The number of nitrogens with one attached hydrogen (secondary N) is 1. The molecule has 0 aromatic carbocycles. The molecule has 0 spiro atoms. The summed E-state index contributed by atoms with van der Waals surface area (Å²) < 4.78 is 40.8. The lowest BCUT2D eigenvalue weighted by Crippen LogP contribution is -2.36. The van der Waals surface area contributed by atoms with Gasteiger partial charge in [-0.25, -0.2) is 13.1 Å². The van der Waals surface area contributed by atoms with Crippen LogP contribution >= 0.6 is 11.3 Å². The summed E-state index contributed by atoms with van der Waals surface area (Å²) in [4.78, 5) is 0. The number of thiophene rings is 1. The van der Waals surface area contributed by atoms with Crippen LogP contribution in [0.3, 0.4) is 0 Å². The zero-order chi connectivity index (χ0) is 16.4. The van der Waals surface area contributed by atoms with E-state index in [1.54, 1.807) is 22.3 Å². The predicted molar refractivity (Wildman–Crippen MR) is 86.2 cm³/mol. The lowest BCUT2D eigenvalue weighted by atomic mass is 10.1. The molecule has 1 fully saturated rings. The van der Waals surface area contributed by atoms with Crippen molar-refractivity contribution in [1.29, 1.82) is 0 Å². The average molecular weight is 357 g/mol. The molecule has 0 radical (unpaired) electrons. The van der Waals surface area contributed by atoms with Gasteiger partial charge in [-0.2, -0.15) is 5.10 Å². The molecule has 2 atom stereocenters. The number of sulfonamides is 1. The van der Waals surface area contributed by atoms with Crippen molar-refractivity contribution in [3.8, 4) is 5.75 Å². The van der Waals surface area contributed by atoms with Crippen LogP contribution in [0.4, 0.5) is 0 Å². The van der Waals surface area contributed by atoms with Crippen LogP contribution in [-0.4, -0.2) is 38.0 Å². The fraction of sp³-hybridized carbons (Fsp3) is 0.500. The highest BCUT2D eigenvalue weighted by Crippen LogP contribution is 2.33. The molecular formula is C14H19N3O4S2. The third-order valence-corrected chi connectivity index (χ3v) is 6.70. The van der Waals surface area contributed by atoms with Gasteiger partial charge in [-0.05, 0) is 24.8 Å². The maximum atomic E-state index is 12.6. The second kappa shape index (κ2) is 6.60. The van der Waals surface area contributed by atoms with E-state index in [1.165, 1.54) is 7.11 Å². The van der Waals surface area contributed by atoms with E-state index in [4.69, 9.17) is 9.47 Å². The predicted octanol–water partition coefficient (Wildman–Crippen LogP) is 1.78. The molecular weight excluding hydrogens is 338 g/mol. The van der Waals surface area contributed by atoms with E-state index < -0.39 is 10.0 Å². The largest absolute Gasteiger partial charge is 0.494 e. The maximum absolute atomic E-state index is 12.6. The summed E-state index contributed by atoms with van der Waals surface area (Å²) in [6.45, 7) is 3.27. The van der Waals surface area contributed by atoms with E-state index in [-0.39, 0.29) is 16.4 Å². The smallest absolute Gasteiger partial charge is 0.254 e. The molecule has 2 aromatic heterocycles. The van der Waals surface area contributed by atoms with Crippen molar-refractivity contribution in [2.45, 2.75) is 36.2 Å². The average Bonchev–Trinajstić information content (AvgIpc) is 3.26. The summed E-state index contributed by atoms with van der Waals surface area (Å²) in [5.41, 5.74) is 0.884. The summed E-state index contributed by atoms with van der Waals surface area (Å²) in [7, 11) is -2.19. The number of hydrogen-bond donors (Lipinski definition) is 1. The van der Waals surface area contributed by atoms with Crippen molar-refractivity contribution in [3.63, 3.8) is 0 Å². The minimum Gasteiger partial charge on any atom is -0.494 e. The summed E-state index contributed by atoms with van der Waals surface area (Å²) in [6.07, 6.45) is 3.92. The topological polar surface area (TPSA) is 82.5 Å². The first-order chi connectivity index (χ1) is 11.0. The Labute approximate surface area is 139 Å². The minimum atomic E-state index is -3.65. The first kappa shape index (κ1) is 16.4. The van der Waals surface area contributed by atoms with Crippen LogP contribution in [-0.2, 0) is 21.3 Å². The van der Waals surface area contributed by atoms with Crippen molar-refractivity contribution < 1.29 is 17.9 Å². The molecule has 0 amide bonds. The Bertz CT molecular complexity index is 769. The zero-order valence-electron chi connectivity index (χ0n) is 12.9. The van der Waals surface area contributed by atoms with E-state index in [0.717, 1.165) is 23.4 Å². The molecule has 2 aromatic rings. The lowest BCUT2D eigenvalue weighted by molar-refractivity contribution is 0.102. The molecule has 1 saturated heterocycles. The summed E-state index contributed by atoms with van der Waals surface area (Å²) in [5, 5.41) is 5.92. The van der Waals surface area contributed by atoms with E-state index in [1.807, 2.05) is 13.1 Å². The number of hydrogen-bond acceptors (Lipinski definition) is 6. The Hall–Kier alpha value is -1.42. The van der Waals surface area contributed by atoms with Crippen LogP contribution in [0.15, 0.2) is 28.0 Å². The highest BCUT2D eigenvalue weighted by atomic mass is 32.2. The standard InChI is InChI=1S/C14H19N3O4S2/c1-3-17-9-10(8-15-17)13-11(4-6-21-13)16-23(18,19)14-12(20-2)5-7-22-14/h5,7-9,11,13,16H,3-4,6H2,1-2H3/t11-,13+/m0/s1. The Morgan fingerprint density at radius 2 is 2.39 bits per heavy atom. The van der Waals surface area contributed by atoms with Crippen molar-refractivity contribution in [2.75, 3.05) is 13.7 Å². The summed E-state index contributed by atoms with van der Waals surface area (Å²) in [5.74, 6) is 0.358. The van der Waals surface area contributed by atoms with Gasteiger partial charge in [0.05, 0.1) is 19.3 Å². The van der Waals surface area contributed by atoms with Crippen LogP contribution in [0.5, 0.6) is 5.75 Å².